The maximum absolute atomic E-state index is 12.2. The van der Waals surface area contributed by atoms with E-state index in [1.807, 2.05) is 27.7 Å². The number of ether oxygens (including phenoxy) is 1. The van der Waals surface area contributed by atoms with Crippen molar-refractivity contribution in [3.05, 3.63) is 11.1 Å². The van der Waals surface area contributed by atoms with Gasteiger partial charge in [-0.2, -0.15) is 0 Å². The molecular formula is C16H25NO3. The van der Waals surface area contributed by atoms with Crippen LogP contribution in [0.1, 0.15) is 47.5 Å². The van der Waals surface area contributed by atoms with Gasteiger partial charge in [0.1, 0.15) is 5.60 Å². The minimum atomic E-state index is -0.461. The summed E-state index contributed by atoms with van der Waals surface area (Å²) in [6.45, 7) is 11.0. The van der Waals surface area contributed by atoms with Gasteiger partial charge in [0.05, 0.1) is 0 Å². The van der Waals surface area contributed by atoms with Crippen molar-refractivity contribution in [2.45, 2.75) is 53.1 Å². The lowest BCUT2D eigenvalue weighted by Crippen LogP contribution is -2.46. The molecule has 0 aromatic heterocycles. The number of nitrogens with zero attached hydrogens (tertiary/aromatic N) is 1. The second-order valence-electron chi connectivity index (χ2n) is 7.04. The first-order chi connectivity index (χ1) is 9.19. The first kappa shape index (κ1) is 15.1. The monoisotopic (exact) mass is 279 g/mol. The molecule has 1 aliphatic heterocycles. The molecule has 2 atom stereocenters. The van der Waals surface area contributed by atoms with Crippen LogP contribution in [0.25, 0.3) is 0 Å². The molecule has 2 aliphatic rings. The van der Waals surface area contributed by atoms with Crippen LogP contribution >= 0.6 is 0 Å². The van der Waals surface area contributed by atoms with E-state index in [9.17, 15) is 9.59 Å². The topological polar surface area (TPSA) is 46.6 Å². The highest BCUT2D eigenvalue weighted by molar-refractivity contribution is 5.96. The number of rotatable bonds is 0. The Balaban J connectivity index is 2.11. The molecule has 1 heterocycles. The van der Waals surface area contributed by atoms with Crippen LogP contribution in [0, 0.1) is 11.8 Å². The number of ketones is 1. The van der Waals surface area contributed by atoms with Gasteiger partial charge >= 0.3 is 6.09 Å². The Kier molecular flexibility index (Phi) is 3.94. The average Bonchev–Trinajstić information content (AvgIpc) is 2.33. The number of piperidine rings is 1. The quantitative estimate of drug-likeness (QED) is 0.684. The van der Waals surface area contributed by atoms with E-state index in [0.717, 1.165) is 12.0 Å². The number of hydrogen-bond acceptors (Lipinski definition) is 3. The summed E-state index contributed by atoms with van der Waals surface area (Å²) in [5.74, 6) is 0.898. The lowest BCUT2D eigenvalue weighted by Gasteiger charge is -2.41. The second kappa shape index (κ2) is 5.23. The fourth-order valence-corrected chi connectivity index (χ4v) is 3.13. The average molecular weight is 279 g/mol. The number of hydrogen-bond donors (Lipinski definition) is 0. The molecule has 0 aromatic rings. The van der Waals surface area contributed by atoms with Gasteiger partial charge in [-0.05, 0) is 45.6 Å². The van der Waals surface area contributed by atoms with Gasteiger partial charge in [0.25, 0.3) is 0 Å². The fourth-order valence-electron chi connectivity index (χ4n) is 3.13. The first-order valence-electron chi connectivity index (χ1n) is 7.40. The smallest absolute Gasteiger partial charge is 0.410 e. The summed E-state index contributed by atoms with van der Waals surface area (Å²) in [5.41, 5.74) is 1.72. The van der Waals surface area contributed by atoms with E-state index in [-0.39, 0.29) is 11.9 Å². The van der Waals surface area contributed by atoms with E-state index in [0.29, 0.717) is 31.3 Å². The Labute approximate surface area is 121 Å². The Morgan fingerprint density at radius 3 is 2.60 bits per heavy atom. The van der Waals surface area contributed by atoms with Gasteiger partial charge in [0.2, 0.25) is 0 Å². The molecule has 2 rings (SSSR count). The summed E-state index contributed by atoms with van der Waals surface area (Å²) >= 11 is 0. The van der Waals surface area contributed by atoms with E-state index in [1.165, 1.54) is 5.57 Å². The number of amides is 1. The normalized spacial score (nSPS) is 27.4. The van der Waals surface area contributed by atoms with Crippen molar-refractivity contribution in [1.29, 1.82) is 0 Å². The summed E-state index contributed by atoms with van der Waals surface area (Å²) in [6.07, 6.45) is 1.16. The van der Waals surface area contributed by atoms with E-state index in [4.69, 9.17) is 4.74 Å². The van der Waals surface area contributed by atoms with Crippen molar-refractivity contribution in [2.75, 3.05) is 13.1 Å². The molecule has 0 bridgehead atoms. The fraction of sp³-hybridized carbons (Fsp3) is 0.750. The second-order valence-corrected chi connectivity index (χ2v) is 7.04. The summed E-state index contributed by atoms with van der Waals surface area (Å²) in [6, 6.07) is 0. The summed E-state index contributed by atoms with van der Waals surface area (Å²) in [7, 11) is 0. The number of fused-ring (bicyclic) bond motifs is 1. The summed E-state index contributed by atoms with van der Waals surface area (Å²) in [4.78, 5) is 25.9. The van der Waals surface area contributed by atoms with Gasteiger partial charge in [-0.15, -0.1) is 0 Å². The van der Waals surface area contributed by atoms with Crippen LogP contribution in [0.4, 0.5) is 4.79 Å². The molecular weight excluding hydrogens is 254 g/mol. The van der Waals surface area contributed by atoms with Crippen LogP contribution in [0.3, 0.4) is 0 Å². The van der Waals surface area contributed by atoms with E-state index in [2.05, 4.69) is 6.92 Å². The van der Waals surface area contributed by atoms with Crippen molar-refractivity contribution in [1.82, 2.24) is 4.90 Å². The lowest BCUT2D eigenvalue weighted by molar-refractivity contribution is -0.117. The minimum absolute atomic E-state index is 0.238. The number of Topliss-reactive ketones (excluding diaryl/α,β-unsaturated/α-hetero) is 1. The Bertz CT molecular complexity index is 459. The predicted molar refractivity (Wildman–Crippen MR) is 77.4 cm³/mol. The number of likely N-dealkylation sites (tertiary alicyclic amines) is 1. The summed E-state index contributed by atoms with van der Waals surface area (Å²) < 4.78 is 5.44. The molecule has 1 amide bonds. The van der Waals surface area contributed by atoms with Crippen molar-refractivity contribution < 1.29 is 14.3 Å². The zero-order valence-corrected chi connectivity index (χ0v) is 13.2. The Hall–Kier alpha value is -1.32. The van der Waals surface area contributed by atoms with Gasteiger partial charge in [-0.25, -0.2) is 4.79 Å². The maximum Gasteiger partial charge on any atom is 0.410 e. The van der Waals surface area contributed by atoms with Crippen molar-refractivity contribution >= 4 is 11.9 Å². The largest absolute Gasteiger partial charge is 0.444 e. The standard InChI is InChI=1S/C16H25NO3/c1-10-8-14(18)11(2)12-6-7-17(9-13(10)12)15(19)20-16(3,4)5/h10,13H,6-9H2,1-5H3. The Morgan fingerprint density at radius 2 is 2.00 bits per heavy atom. The Morgan fingerprint density at radius 1 is 1.35 bits per heavy atom. The van der Waals surface area contributed by atoms with E-state index < -0.39 is 5.60 Å². The van der Waals surface area contributed by atoms with Crippen LogP contribution < -0.4 is 0 Å². The van der Waals surface area contributed by atoms with Gasteiger partial charge in [0, 0.05) is 25.4 Å². The summed E-state index contributed by atoms with van der Waals surface area (Å²) in [5, 5.41) is 0. The van der Waals surface area contributed by atoms with Crippen LogP contribution in [0.2, 0.25) is 0 Å². The number of allylic oxidation sites excluding steroid dienone is 1. The van der Waals surface area contributed by atoms with Crippen molar-refractivity contribution in [3.8, 4) is 0 Å². The van der Waals surface area contributed by atoms with Crippen LogP contribution in [0.15, 0.2) is 11.1 Å². The molecule has 1 aliphatic carbocycles. The van der Waals surface area contributed by atoms with E-state index >= 15 is 0 Å². The van der Waals surface area contributed by atoms with Crippen LogP contribution in [-0.4, -0.2) is 35.5 Å². The van der Waals surface area contributed by atoms with Crippen molar-refractivity contribution in [2.24, 2.45) is 11.8 Å². The zero-order valence-electron chi connectivity index (χ0n) is 13.2. The molecule has 0 radical (unpaired) electrons. The number of carbonyl (C=O) groups is 2. The zero-order chi connectivity index (χ0) is 15.1. The molecule has 1 saturated heterocycles. The third-order valence-electron chi connectivity index (χ3n) is 4.26. The molecule has 1 fully saturated rings. The third-order valence-corrected chi connectivity index (χ3v) is 4.26. The SMILES string of the molecule is CC1=C2CCN(C(=O)OC(C)(C)C)CC2C(C)CC1=O. The van der Waals surface area contributed by atoms with Gasteiger partial charge < -0.3 is 9.64 Å². The lowest BCUT2D eigenvalue weighted by atomic mass is 9.72. The highest BCUT2D eigenvalue weighted by atomic mass is 16.6. The first-order valence-corrected chi connectivity index (χ1v) is 7.40. The molecule has 4 heteroatoms. The number of carbonyl (C=O) groups excluding carboxylic acids is 2. The molecule has 0 aromatic carbocycles. The van der Waals surface area contributed by atoms with Crippen LogP contribution in [0.5, 0.6) is 0 Å². The molecule has 4 nitrogen and oxygen atoms in total. The van der Waals surface area contributed by atoms with Crippen molar-refractivity contribution in [3.63, 3.8) is 0 Å². The predicted octanol–water partition coefficient (Wildman–Crippen LogP) is 3.17. The molecule has 2 unspecified atom stereocenters. The highest BCUT2D eigenvalue weighted by Crippen LogP contribution is 2.38. The molecule has 0 N–H and O–H groups in total. The van der Waals surface area contributed by atoms with Gasteiger partial charge in [-0.1, -0.05) is 12.5 Å². The molecule has 20 heavy (non-hydrogen) atoms. The van der Waals surface area contributed by atoms with E-state index in [1.54, 1.807) is 4.90 Å². The van der Waals surface area contributed by atoms with Gasteiger partial charge in [-0.3, -0.25) is 4.79 Å². The molecule has 0 saturated carbocycles. The molecule has 0 spiro atoms. The van der Waals surface area contributed by atoms with Gasteiger partial charge in [0.15, 0.2) is 5.78 Å². The highest BCUT2D eigenvalue weighted by Gasteiger charge is 2.37. The minimum Gasteiger partial charge on any atom is -0.444 e. The third kappa shape index (κ3) is 3.05. The van der Waals surface area contributed by atoms with Crippen LogP contribution in [-0.2, 0) is 9.53 Å². The maximum atomic E-state index is 12.2. The molecule has 112 valence electrons.